The van der Waals surface area contributed by atoms with Crippen molar-refractivity contribution in [2.45, 2.75) is 77.0 Å². The summed E-state index contributed by atoms with van der Waals surface area (Å²) in [4.78, 5) is 28.2. The number of carbonyl (C=O) groups excluding carboxylic acids is 2. The van der Waals surface area contributed by atoms with Gasteiger partial charge >= 0.3 is 0 Å². The minimum Gasteiger partial charge on any atom is -0.459 e. The molecule has 4 atom stereocenters. The van der Waals surface area contributed by atoms with E-state index in [2.05, 4.69) is 0 Å². The monoisotopic (exact) mass is 487 g/mol. The van der Waals surface area contributed by atoms with Crippen LogP contribution in [0.25, 0.3) is 6.08 Å². The van der Waals surface area contributed by atoms with E-state index < -0.39 is 23.9 Å². The molecule has 1 saturated carbocycles. The van der Waals surface area contributed by atoms with Gasteiger partial charge in [-0.2, -0.15) is 0 Å². The van der Waals surface area contributed by atoms with Gasteiger partial charge in [-0.15, -0.1) is 0 Å². The van der Waals surface area contributed by atoms with Crippen LogP contribution in [0.15, 0.2) is 33.3 Å². The minimum absolute atomic E-state index is 0.0830. The van der Waals surface area contributed by atoms with Crippen molar-refractivity contribution in [3.05, 3.63) is 40.4 Å². The van der Waals surface area contributed by atoms with Crippen LogP contribution in [0.3, 0.4) is 0 Å². The zero-order valence-electron chi connectivity index (χ0n) is 20.4. The van der Waals surface area contributed by atoms with E-state index in [1.165, 1.54) is 4.90 Å². The lowest BCUT2D eigenvalue weighted by molar-refractivity contribution is -0.143. The lowest BCUT2D eigenvalue weighted by atomic mass is 9.68. The molecule has 8 nitrogen and oxygen atoms in total. The molecule has 8 heteroatoms. The second kappa shape index (κ2) is 11.2. The molecule has 1 aromatic heterocycles. The van der Waals surface area contributed by atoms with E-state index in [4.69, 9.17) is 9.52 Å². The predicted octanol–water partition coefficient (Wildman–Crippen LogP) is 2.55. The fraction of sp³-hybridized carbons (Fsp3) is 0.630. The van der Waals surface area contributed by atoms with Crippen LogP contribution in [0.2, 0.25) is 0 Å². The number of furan rings is 1. The molecule has 4 N–H and O–H groups in total. The van der Waals surface area contributed by atoms with Gasteiger partial charge in [-0.3, -0.25) is 14.5 Å². The Morgan fingerprint density at radius 2 is 1.86 bits per heavy atom. The summed E-state index contributed by atoms with van der Waals surface area (Å²) >= 11 is 0. The van der Waals surface area contributed by atoms with Crippen LogP contribution in [0.4, 0.5) is 0 Å². The van der Waals surface area contributed by atoms with Crippen LogP contribution in [-0.4, -0.2) is 62.5 Å². The summed E-state index contributed by atoms with van der Waals surface area (Å²) in [6, 6.07) is 3.38. The first-order valence-electron chi connectivity index (χ1n) is 12.7. The molecule has 3 aliphatic rings. The first-order chi connectivity index (χ1) is 16.9. The molecule has 2 heterocycles. The Morgan fingerprint density at radius 3 is 2.49 bits per heavy atom. The van der Waals surface area contributed by atoms with Crippen molar-refractivity contribution in [2.75, 3.05) is 13.2 Å². The summed E-state index contributed by atoms with van der Waals surface area (Å²) in [7, 11) is 0. The molecule has 2 aliphatic carbocycles. The number of rotatable bonds is 9. The standard InChI is InChI=1S/C27H37NO7/c1-16(11-19-8-9-20(14-30)35-19)7-10-23(32)24-17(13-29)12-21-25(22(24)15-31)27(34)28(26(21)33)18-5-3-2-4-6-18/h8-9,11,18,21-23,25,29-32H,2-7,10,12-15H2,1H3/b16-11+/t21-,22+,23-,25-/m1/s1. The molecule has 4 rings (SSSR count). The number of hydrogen-bond acceptors (Lipinski definition) is 7. The quantitative estimate of drug-likeness (QED) is 0.311. The maximum absolute atomic E-state index is 13.5. The topological polar surface area (TPSA) is 131 Å². The molecular formula is C27H37NO7. The highest BCUT2D eigenvalue weighted by atomic mass is 16.4. The second-order valence-corrected chi connectivity index (χ2v) is 10.2. The Bertz CT molecular complexity index is 987. The van der Waals surface area contributed by atoms with E-state index in [1.54, 1.807) is 12.1 Å². The Hall–Kier alpha value is -2.26. The number of allylic oxidation sites excluding steroid dienone is 1. The number of aliphatic hydroxyl groups excluding tert-OH is 4. The van der Waals surface area contributed by atoms with E-state index in [0.717, 1.165) is 37.7 Å². The van der Waals surface area contributed by atoms with Gasteiger partial charge in [-0.1, -0.05) is 24.8 Å². The zero-order chi connectivity index (χ0) is 25.1. The van der Waals surface area contributed by atoms with Crippen molar-refractivity contribution in [3.8, 4) is 0 Å². The van der Waals surface area contributed by atoms with Gasteiger partial charge in [0.05, 0.1) is 31.2 Å². The van der Waals surface area contributed by atoms with Crippen molar-refractivity contribution >= 4 is 17.9 Å². The summed E-state index contributed by atoms with van der Waals surface area (Å²) in [5, 5.41) is 40.7. The van der Waals surface area contributed by atoms with Gasteiger partial charge in [0.25, 0.3) is 0 Å². The Kier molecular flexibility index (Phi) is 8.27. The van der Waals surface area contributed by atoms with Gasteiger partial charge in [0.15, 0.2) is 0 Å². The zero-order valence-corrected chi connectivity index (χ0v) is 20.4. The molecule has 2 fully saturated rings. The van der Waals surface area contributed by atoms with Gasteiger partial charge in [-0.05, 0) is 68.4 Å². The van der Waals surface area contributed by atoms with Crippen molar-refractivity contribution in [1.82, 2.24) is 4.90 Å². The minimum atomic E-state index is -0.949. The SMILES string of the molecule is C/C(=C\c1ccc(CO)o1)CC[C@@H](O)C1=C(CO)C[C@H]2C(=O)N(C3CCCCC3)C(=O)[C@H]2[C@H]1CO. The average molecular weight is 488 g/mol. The maximum Gasteiger partial charge on any atom is 0.234 e. The van der Waals surface area contributed by atoms with E-state index in [-0.39, 0.29) is 44.1 Å². The number of imide groups is 1. The third-order valence-electron chi connectivity index (χ3n) is 7.94. The van der Waals surface area contributed by atoms with Crippen LogP contribution < -0.4 is 0 Å². The molecule has 1 saturated heterocycles. The smallest absolute Gasteiger partial charge is 0.234 e. The fourth-order valence-electron chi connectivity index (χ4n) is 6.22. The van der Waals surface area contributed by atoms with E-state index >= 15 is 0 Å². The highest BCUT2D eigenvalue weighted by Gasteiger charge is 2.56. The number of hydrogen-bond donors (Lipinski definition) is 4. The predicted molar refractivity (Wildman–Crippen MR) is 129 cm³/mol. The van der Waals surface area contributed by atoms with Crippen molar-refractivity contribution in [1.29, 1.82) is 0 Å². The Labute approximate surface area is 205 Å². The third kappa shape index (κ3) is 5.16. The summed E-state index contributed by atoms with van der Waals surface area (Å²) in [5.74, 6) is -1.29. The first-order valence-corrected chi connectivity index (χ1v) is 12.7. The molecule has 0 unspecified atom stereocenters. The van der Waals surface area contributed by atoms with Crippen molar-refractivity contribution < 1.29 is 34.4 Å². The molecule has 1 aromatic rings. The van der Waals surface area contributed by atoms with Crippen molar-refractivity contribution in [3.63, 3.8) is 0 Å². The van der Waals surface area contributed by atoms with Crippen LogP contribution in [0.5, 0.6) is 0 Å². The number of carbonyl (C=O) groups is 2. The molecule has 35 heavy (non-hydrogen) atoms. The highest BCUT2D eigenvalue weighted by molar-refractivity contribution is 6.06. The normalized spacial score (nSPS) is 27.1. The summed E-state index contributed by atoms with van der Waals surface area (Å²) < 4.78 is 5.49. The molecule has 192 valence electrons. The van der Waals surface area contributed by atoms with Crippen LogP contribution in [0.1, 0.15) is 69.8 Å². The largest absolute Gasteiger partial charge is 0.459 e. The van der Waals surface area contributed by atoms with Gasteiger partial charge in [-0.25, -0.2) is 0 Å². The fourth-order valence-corrected chi connectivity index (χ4v) is 6.22. The number of likely N-dealkylation sites (tertiary alicyclic amines) is 1. The number of aliphatic hydroxyl groups is 4. The molecular weight excluding hydrogens is 450 g/mol. The maximum atomic E-state index is 13.5. The number of amides is 2. The summed E-state index contributed by atoms with van der Waals surface area (Å²) in [5.41, 5.74) is 2.03. The van der Waals surface area contributed by atoms with Gasteiger partial charge in [0, 0.05) is 12.0 Å². The van der Waals surface area contributed by atoms with E-state index in [0.29, 0.717) is 35.5 Å². The van der Waals surface area contributed by atoms with Gasteiger partial charge in [0.2, 0.25) is 11.8 Å². The lowest BCUT2D eigenvalue weighted by Gasteiger charge is -2.36. The van der Waals surface area contributed by atoms with Crippen molar-refractivity contribution in [2.24, 2.45) is 17.8 Å². The van der Waals surface area contributed by atoms with E-state index in [1.807, 2.05) is 13.0 Å². The molecule has 0 spiro atoms. The van der Waals surface area contributed by atoms with Crippen LogP contribution in [0, 0.1) is 17.8 Å². The number of fused-ring (bicyclic) bond motifs is 1. The molecule has 1 aliphatic heterocycles. The van der Waals surface area contributed by atoms with E-state index in [9.17, 15) is 24.9 Å². The second-order valence-electron chi connectivity index (χ2n) is 10.2. The Balaban J connectivity index is 1.51. The molecule has 0 bridgehead atoms. The third-order valence-corrected chi connectivity index (χ3v) is 7.94. The summed E-state index contributed by atoms with van der Waals surface area (Å²) in [6.45, 7) is 1.06. The average Bonchev–Trinajstić information content (AvgIpc) is 3.43. The van der Waals surface area contributed by atoms with Gasteiger partial charge in [0.1, 0.15) is 18.1 Å². The van der Waals surface area contributed by atoms with Crippen LogP contribution in [-0.2, 0) is 16.2 Å². The van der Waals surface area contributed by atoms with Gasteiger partial charge < -0.3 is 24.8 Å². The lowest BCUT2D eigenvalue weighted by Crippen LogP contribution is -2.42. The molecule has 0 radical (unpaired) electrons. The number of nitrogens with zero attached hydrogens (tertiary/aromatic N) is 1. The molecule has 0 aromatic carbocycles. The van der Waals surface area contributed by atoms with Crippen LogP contribution >= 0.6 is 0 Å². The first kappa shape index (κ1) is 25.8. The molecule has 2 amide bonds. The summed E-state index contributed by atoms with van der Waals surface area (Å²) in [6.07, 6.45) is 6.75. The highest BCUT2D eigenvalue weighted by Crippen LogP contribution is 2.47. The Morgan fingerprint density at radius 1 is 1.11 bits per heavy atom.